The molecule has 104 valence electrons. The first-order chi connectivity index (χ1) is 9.60. The van der Waals surface area contributed by atoms with Crippen LogP contribution in [-0.4, -0.2) is 12.5 Å². The Bertz CT molecular complexity index is 612. The summed E-state index contributed by atoms with van der Waals surface area (Å²) >= 11 is 3.30. The highest BCUT2D eigenvalue weighted by Gasteiger charge is 2.11. The number of ether oxygens (including phenoxy) is 1. The number of halogens is 1. The van der Waals surface area contributed by atoms with Crippen molar-refractivity contribution in [2.45, 2.75) is 6.42 Å². The molecule has 0 heterocycles. The van der Waals surface area contributed by atoms with Gasteiger partial charge in [0.1, 0.15) is 11.5 Å². The monoisotopic (exact) mass is 334 g/mol. The molecule has 0 aliphatic heterocycles. The average Bonchev–Trinajstić information content (AvgIpc) is 2.43. The zero-order valence-corrected chi connectivity index (χ0v) is 12.4. The van der Waals surface area contributed by atoms with Gasteiger partial charge in [-0.25, -0.2) is 0 Å². The van der Waals surface area contributed by atoms with Crippen molar-refractivity contribution in [3.05, 3.63) is 58.1 Å². The summed E-state index contributed by atoms with van der Waals surface area (Å²) in [5, 5.41) is 0. The lowest BCUT2D eigenvalue weighted by Gasteiger charge is -2.10. The van der Waals surface area contributed by atoms with E-state index >= 15 is 0 Å². The first-order valence-electron chi connectivity index (χ1n) is 6.16. The maximum Gasteiger partial charge on any atom is 0.252 e. The van der Waals surface area contributed by atoms with Crippen LogP contribution < -0.4 is 16.2 Å². The molecule has 2 aromatic rings. The molecule has 2 aromatic carbocycles. The van der Waals surface area contributed by atoms with Crippen LogP contribution in [0.2, 0.25) is 0 Å². The lowest BCUT2D eigenvalue weighted by Crippen LogP contribution is -2.12. The largest absolute Gasteiger partial charge is 0.457 e. The number of amides is 1. The van der Waals surface area contributed by atoms with E-state index in [1.807, 2.05) is 24.3 Å². The molecule has 0 unspecified atom stereocenters. The van der Waals surface area contributed by atoms with Crippen LogP contribution in [0.5, 0.6) is 11.5 Å². The van der Waals surface area contributed by atoms with Gasteiger partial charge in [0.05, 0.1) is 5.56 Å². The minimum Gasteiger partial charge on any atom is -0.457 e. The smallest absolute Gasteiger partial charge is 0.252 e. The summed E-state index contributed by atoms with van der Waals surface area (Å²) in [5.74, 6) is 0.559. The minimum atomic E-state index is -0.527. The molecule has 1 amide bonds. The van der Waals surface area contributed by atoms with Gasteiger partial charge in [0.15, 0.2) is 0 Å². The molecule has 20 heavy (non-hydrogen) atoms. The molecule has 0 atom stereocenters. The van der Waals surface area contributed by atoms with Crippen molar-refractivity contribution in [2.24, 2.45) is 11.5 Å². The lowest BCUT2D eigenvalue weighted by molar-refractivity contribution is 0.0998. The number of primary amides is 1. The minimum absolute atomic E-state index is 0.338. The quantitative estimate of drug-likeness (QED) is 0.882. The van der Waals surface area contributed by atoms with Gasteiger partial charge in [0, 0.05) is 4.47 Å². The highest BCUT2D eigenvalue weighted by Crippen LogP contribution is 2.28. The molecule has 2 rings (SSSR count). The standard InChI is InChI=1S/C15H15BrN2O2/c16-11-3-6-14(13(9-11)15(18)19)20-12-4-1-10(2-5-12)7-8-17/h1-6,9H,7-8,17H2,(H2,18,19). The summed E-state index contributed by atoms with van der Waals surface area (Å²) < 4.78 is 6.48. The summed E-state index contributed by atoms with van der Waals surface area (Å²) in [6.45, 7) is 0.610. The number of rotatable bonds is 5. The fraction of sp³-hybridized carbons (Fsp3) is 0.133. The second kappa shape index (κ2) is 6.54. The van der Waals surface area contributed by atoms with Crippen molar-refractivity contribution in [1.82, 2.24) is 0 Å². The SMILES string of the molecule is NCCc1ccc(Oc2ccc(Br)cc2C(N)=O)cc1. The van der Waals surface area contributed by atoms with Crippen LogP contribution in [0, 0.1) is 0 Å². The Morgan fingerprint density at radius 2 is 1.85 bits per heavy atom. The van der Waals surface area contributed by atoms with E-state index in [1.165, 1.54) is 0 Å². The summed E-state index contributed by atoms with van der Waals surface area (Å²) in [5.41, 5.74) is 12.3. The van der Waals surface area contributed by atoms with Gasteiger partial charge in [-0.2, -0.15) is 0 Å². The third kappa shape index (κ3) is 3.59. The van der Waals surface area contributed by atoms with E-state index in [-0.39, 0.29) is 0 Å². The first-order valence-corrected chi connectivity index (χ1v) is 6.95. The zero-order valence-electron chi connectivity index (χ0n) is 10.8. The molecule has 0 aromatic heterocycles. The average molecular weight is 335 g/mol. The third-order valence-corrected chi connectivity index (χ3v) is 3.28. The van der Waals surface area contributed by atoms with Gasteiger partial charge in [0.25, 0.3) is 5.91 Å². The number of hydrogen-bond donors (Lipinski definition) is 2. The van der Waals surface area contributed by atoms with Crippen LogP contribution >= 0.6 is 15.9 Å². The summed E-state index contributed by atoms with van der Waals surface area (Å²) in [4.78, 5) is 11.4. The summed E-state index contributed by atoms with van der Waals surface area (Å²) in [6.07, 6.45) is 0.825. The second-order valence-corrected chi connectivity index (χ2v) is 5.21. The number of carbonyl (C=O) groups is 1. The van der Waals surface area contributed by atoms with Gasteiger partial charge in [-0.05, 0) is 48.9 Å². The normalized spacial score (nSPS) is 10.3. The Kier molecular flexibility index (Phi) is 4.76. The Hall–Kier alpha value is -1.85. The van der Waals surface area contributed by atoms with E-state index in [4.69, 9.17) is 16.2 Å². The van der Waals surface area contributed by atoms with Gasteiger partial charge in [-0.1, -0.05) is 28.1 Å². The van der Waals surface area contributed by atoms with Crippen LogP contribution in [0.3, 0.4) is 0 Å². The van der Waals surface area contributed by atoms with Gasteiger partial charge in [-0.3, -0.25) is 4.79 Å². The van der Waals surface area contributed by atoms with Crippen LogP contribution in [0.4, 0.5) is 0 Å². The summed E-state index contributed by atoms with van der Waals surface area (Å²) in [6, 6.07) is 12.7. The Balaban J connectivity index is 2.23. The molecule has 4 N–H and O–H groups in total. The van der Waals surface area contributed by atoms with E-state index < -0.39 is 5.91 Å². The highest BCUT2D eigenvalue weighted by molar-refractivity contribution is 9.10. The zero-order chi connectivity index (χ0) is 14.5. The van der Waals surface area contributed by atoms with Gasteiger partial charge >= 0.3 is 0 Å². The van der Waals surface area contributed by atoms with E-state index in [9.17, 15) is 4.79 Å². The van der Waals surface area contributed by atoms with E-state index in [0.717, 1.165) is 16.5 Å². The molecule has 0 radical (unpaired) electrons. The van der Waals surface area contributed by atoms with E-state index in [1.54, 1.807) is 18.2 Å². The first kappa shape index (κ1) is 14.6. The van der Waals surface area contributed by atoms with Crippen molar-refractivity contribution < 1.29 is 9.53 Å². The predicted molar refractivity (Wildman–Crippen MR) is 81.9 cm³/mol. The molecule has 0 bridgehead atoms. The van der Waals surface area contributed by atoms with Crippen molar-refractivity contribution in [2.75, 3.05) is 6.54 Å². The number of nitrogens with two attached hydrogens (primary N) is 2. The fourth-order valence-corrected chi connectivity index (χ4v) is 2.16. The molecule has 0 fully saturated rings. The predicted octanol–water partition coefficient (Wildman–Crippen LogP) is 2.84. The van der Waals surface area contributed by atoms with Crippen LogP contribution in [0.1, 0.15) is 15.9 Å². The molecule has 0 saturated carbocycles. The van der Waals surface area contributed by atoms with Crippen molar-refractivity contribution in [3.8, 4) is 11.5 Å². The summed E-state index contributed by atoms with van der Waals surface area (Å²) in [7, 11) is 0. The van der Waals surface area contributed by atoms with Crippen molar-refractivity contribution in [1.29, 1.82) is 0 Å². The van der Waals surface area contributed by atoms with E-state index in [0.29, 0.717) is 23.6 Å². The Morgan fingerprint density at radius 3 is 2.45 bits per heavy atom. The van der Waals surface area contributed by atoms with Gasteiger partial charge in [-0.15, -0.1) is 0 Å². The maximum absolute atomic E-state index is 11.4. The Morgan fingerprint density at radius 1 is 1.15 bits per heavy atom. The van der Waals surface area contributed by atoms with Gasteiger partial charge < -0.3 is 16.2 Å². The fourth-order valence-electron chi connectivity index (χ4n) is 1.80. The molecular weight excluding hydrogens is 320 g/mol. The Labute approximate surface area is 125 Å². The van der Waals surface area contributed by atoms with Gasteiger partial charge in [0.2, 0.25) is 0 Å². The van der Waals surface area contributed by atoms with Crippen molar-refractivity contribution in [3.63, 3.8) is 0 Å². The number of hydrogen-bond acceptors (Lipinski definition) is 3. The number of carbonyl (C=O) groups excluding carboxylic acids is 1. The molecule has 4 nitrogen and oxygen atoms in total. The third-order valence-electron chi connectivity index (χ3n) is 2.79. The topological polar surface area (TPSA) is 78.3 Å². The second-order valence-electron chi connectivity index (χ2n) is 4.29. The molecule has 5 heteroatoms. The highest BCUT2D eigenvalue weighted by atomic mass is 79.9. The molecule has 0 saturated heterocycles. The molecule has 0 spiro atoms. The van der Waals surface area contributed by atoms with E-state index in [2.05, 4.69) is 15.9 Å². The molecule has 0 aliphatic rings. The maximum atomic E-state index is 11.4. The molecule has 0 aliphatic carbocycles. The van der Waals surface area contributed by atoms with Crippen LogP contribution in [0.15, 0.2) is 46.9 Å². The lowest BCUT2D eigenvalue weighted by atomic mass is 10.1. The van der Waals surface area contributed by atoms with Crippen molar-refractivity contribution >= 4 is 21.8 Å². The molecular formula is C15H15BrN2O2. The van der Waals surface area contributed by atoms with Crippen LogP contribution in [-0.2, 0) is 6.42 Å². The number of benzene rings is 2. The van der Waals surface area contributed by atoms with Crippen LogP contribution in [0.25, 0.3) is 0 Å².